The molecule has 1 amide bonds. The summed E-state index contributed by atoms with van der Waals surface area (Å²) in [4.78, 5) is 11.7. The number of nitrogens with one attached hydrogen (secondary N) is 1. The summed E-state index contributed by atoms with van der Waals surface area (Å²) in [5, 5.41) is 2.78. The lowest BCUT2D eigenvalue weighted by Crippen LogP contribution is -2.21. The van der Waals surface area contributed by atoms with E-state index < -0.39 is 41.5 Å². The van der Waals surface area contributed by atoms with Gasteiger partial charge < -0.3 is 10.1 Å². The normalized spacial score (nSPS) is 10.5. The van der Waals surface area contributed by atoms with Gasteiger partial charge in [0, 0.05) is 16.8 Å². The van der Waals surface area contributed by atoms with Crippen molar-refractivity contribution in [1.29, 1.82) is 0 Å². The van der Waals surface area contributed by atoms with Crippen LogP contribution in [0.1, 0.15) is 5.56 Å². The Hall–Kier alpha value is -2.28. The molecule has 2 aromatic rings. The van der Waals surface area contributed by atoms with E-state index in [9.17, 15) is 22.4 Å². The lowest BCUT2D eigenvalue weighted by atomic mass is 10.2. The Morgan fingerprint density at radius 2 is 1.74 bits per heavy atom. The van der Waals surface area contributed by atoms with E-state index in [0.29, 0.717) is 10.7 Å². The molecular weight excluding hydrogens is 338 g/mol. The molecule has 23 heavy (non-hydrogen) atoms. The molecule has 3 nitrogen and oxygen atoms in total. The highest BCUT2D eigenvalue weighted by Gasteiger charge is 2.21. The Balaban J connectivity index is 2.06. The van der Waals surface area contributed by atoms with Crippen LogP contribution in [0, 0.1) is 30.2 Å². The van der Waals surface area contributed by atoms with Crippen LogP contribution in [0.4, 0.5) is 23.2 Å². The zero-order valence-corrected chi connectivity index (χ0v) is 12.5. The predicted octanol–water partition coefficient (Wildman–Crippen LogP) is 4.22. The van der Waals surface area contributed by atoms with Gasteiger partial charge in [0.15, 0.2) is 24.0 Å². The van der Waals surface area contributed by atoms with E-state index in [-0.39, 0.29) is 6.07 Å². The zero-order valence-electron chi connectivity index (χ0n) is 11.7. The van der Waals surface area contributed by atoms with Crippen molar-refractivity contribution in [3.63, 3.8) is 0 Å². The molecule has 0 aliphatic carbocycles. The fourth-order valence-corrected chi connectivity index (χ4v) is 1.86. The second-order valence-electron chi connectivity index (χ2n) is 4.60. The Kier molecular flexibility index (Phi) is 5.10. The van der Waals surface area contributed by atoms with E-state index in [1.165, 1.54) is 6.07 Å². The van der Waals surface area contributed by atoms with Crippen LogP contribution in [0.2, 0.25) is 5.02 Å². The monoisotopic (exact) mass is 347 g/mol. The molecule has 0 fully saturated rings. The molecule has 0 unspecified atom stereocenters. The fraction of sp³-hybridized carbons (Fsp3) is 0.133. The number of benzene rings is 2. The van der Waals surface area contributed by atoms with Gasteiger partial charge in [-0.15, -0.1) is 0 Å². The van der Waals surface area contributed by atoms with Crippen LogP contribution in [-0.4, -0.2) is 12.5 Å². The number of rotatable bonds is 4. The third-order valence-corrected chi connectivity index (χ3v) is 3.28. The summed E-state index contributed by atoms with van der Waals surface area (Å²) in [5.41, 5.74) is 1.13. The van der Waals surface area contributed by atoms with Gasteiger partial charge in [0.25, 0.3) is 5.91 Å². The second kappa shape index (κ2) is 6.87. The maximum Gasteiger partial charge on any atom is 0.262 e. The number of hydrogen-bond donors (Lipinski definition) is 1. The van der Waals surface area contributed by atoms with Crippen LogP contribution in [0.15, 0.2) is 24.3 Å². The third kappa shape index (κ3) is 3.92. The Labute approximate surface area is 133 Å². The topological polar surface area (TPSA) is 38.3 Å². The van der Waals surface area contributed by atoms with Crippen molar-refractivity contribution in [3.8, 4) is 5.75 Å². The Bertz CT molecular complexity index is 741. The van der Waals surface area contributed by atoms with Crippen molar-refractivity contribution in [2.45, 2.75) is 6.92 Å². The molecule has 1 N–H and O–H groups in total. The van der Waals surface area contributed by atoms with Gasteiger partial charge in [-0.05, 0) is 24.6 Å². The number of hydrogen-bond acceptors (Lipinski definition) is 2. The summed E-state index contributed by atoms with van der Waals surface area (Å²) in [6, 6.07) is 4.73. The highest BCUT2D eigenvalue weighted by molar-refractivity contribution is 6.31. The van der Waals surface area contributed by atoms with E-state index in [2.05, 4.69) is 10.1 Å². The minimum Gasteiger partial charge on any atom is -0.477 e. The molecule has 0 aliphatic rings. The molecule has 8 heteroatoms. The summed E-state index contributed by atoms with van der Waals surface area (Å²) in [6.07, 6.45) is 0. The standard InChI is InChI=1S/C15H10ClF4NO2/c1-7-2-3-8(4-9(7)16)21-12(22)6-23-15-13(19)10(17)5-11(18)14(15)20/h2-5H,6H2,1H3,(H,21,22). The number of anilines is 1. The molecule has 0 heterocycles. The van der Waals surface area contributed by atoms with Crippen LogP contribution in [0.3, 0.4) is 0 Å². The van der Waals surface area contributed by atoms with Gasteiger partial charge in [0.05, 0.1) is 0 Å². The average molecular weight is 348 g/mol. The highest BCUT2D eigenvalue weighted by atomic mass is 35.5. The quantitative estimate of drug-likeness (QED) is 0.664. The van der Waals surface area contributed by atoms with Crippen LogP contribution >= 0.6 is 11.6 Å². The molecule has 0 atom stereocenters. The van der Waals surface area contributed by atoms with Gasteiger partial charge in [-0.1, -0.05) is 17.7 Å². The minimum atomic E-state index is -1.71. The van der Waals surface area contributed by atoms with Crippen LogP contribution in [-0.2, 0) is 4.79 Å². The first-order valence-corrected chi connectivity index (χ1v) is 6.69. The molecule has 0 bridgehead atoms. The maximum absolute atomic E-state index is 13.4. The molecule has 2 rings (SSSR count). The summed E-state index contributed by atoms with van der Waals surface area (Å²) in [5.74, 6) is -8.74. The molecule has 0 radical (unpaired) electrons. The lowest BCUT2D eigenvalue weighted by molar-refractivity contribution is -0.118. The first kappa shape index (κ1) is 17.1. The van der Waals surface area contributed by atoms with Crippen LogP contribution in [0.5, 0.6) is 5.75 Å². The Morgan fingerprint density at radius 3 is 2.30 bits per heavy atom. The van der Waals surface area contributed by atoms with Gasteiger partial charge in [-0.25, -0.2) is 8.78 Å². The van der Waals surface area contributed by atoms with E-state index in [1.807, 2.05) is 0 Å². The number of carbonyl (C=O) groups excluding carboxylic acids is 1. The van der Waals surface area contributed by atoms with Gasteiger partial charge in [0.1, 0.15) is 0 Å². The molecule has 122 valence electrons. The maximum atomic E-state index is 13.4. The summed E-state index contributed by atoms with van der Waals surface area (Å²) in [7, 11) is 0. The van der Waals surface area contributed by atoms with Crippen molar-refractivity contribution in [3.05, 3.63) is 58.1 Å². The van der Waals surface area contributed by atoms with Gasteiger partial charge in [-0.3, -0.25) is 4.79 Å². The molecule has 0 spiro atoms. The number of ether oxygens (including phenoxy) is 1. The minimum absolute atomic E-state index is 0.0475. The molecular formula is C15H10ClF4NO2. The van der Waals surface area contributed by atoms with Gasteiger partial charge in [-0.2, -0.15) is 8.78 Å². The van der Waals surface area contributed by atoms with Crippen LogP contribution in [0.25, 0.3) is 0 Å². The summed E-state index contributed by atoms with van der Waals surface area (Å²) < 4.78 is 57.3. The zero-order chi connectivity index (χ0) is 17.1. The predicted molar refractivity (Wildman–Crippen MR) is 76.6 cm³/mol. The van der Waals surface area contributed by atoms with Crippen molar-refractivity contribution in [2.75, 3.05) is 11.9 Å². The number of halogens is 5. The molecule has 0 saturated heterocycles. The smallest absolute Gasteiger partial charge is 0.262 e. The second-order valence-corrected chi connectivity index (χ2v) is 5.01. The third-order valence-electron chi connectivity index (χ3n) is 2.87. The van der Waals surface area contributed by atoms with Gasteiger partial charge in [0.2, 0.25) is 11.6 Å². The van der Waals surface area contributed by atoms with E-state index >= 15 is 0 Å². The van der Waals surface area contributed by atoms with E-state index in [0.717, 1.165) is 5.56 Å². The molecule has 0 aromatic heterocycles. The molecule has 0 aliphatic heterocycles. The molecule has 0 saturated carbocycles. The first-order valence-electron chi connectivity index (χ1n) is 6.31. The fourth-order valence-electron chi connectivity index (χ4n) is 1.68. The van der Waals surface area contributed by atoms with Gasteiger partial charge >= 0.3 is 0 Å². The average Bonchev–Trinajstić information content (AvgIpc) is 2.49. The summed E-state index contributed by atoms with van der Waals surface area (Å²) >= 11 is 5.88. The number of carbonyl (C=O) groups is 1. The number of amides is 1. The van der Waals surface area contributed by atoms with E-state index in [1.54, 1.807) is 19.1 Å². The largest absolute Gasteiger partial charge is 0.477 e. The van der Waals surface area contributed by atoms with E-state index in [4.69, 9.17) is 11.6 Å². The van der Waals surface area contributed by atoms with Crippen LogP contribution < -0.4 is 10.1 Å². The highest BCUT2D eigenvalue weighted by Crippen LogP contribution is 2.26. The van der Waals surface area contributed by atoms with Crippen molar-refractivity contribution in [1.82, 2.24) is 0 Å². The van der Waals surface area contributed by atoms with Crippen molar-refractivity contribution < 1.29 is 27.1 Å². The summed E-state index contributed by atoms with van der Waals surface area (Å²) in [6.45, 7) is 0.920. The SMILES string of the molecule is Cc1ccc(NC(=O)COc2c(F)c(F)cc(F)c2F)cc1Cl. The Morgan fingerprint density at radius 1 is 1.13 bits per heavy atom. The first-order chi connectivity index (χ1) is 10.8. The van der Waals surface area contributed by atoms with Crippen molar-refractivity contribution in [2.24, 2.45) is 0 Å². The number of aryl methyl sites for hydroxylation is 1. The molecule has 2 aromatic carbocycles. The lowest BCUT2D eigenvalue weighted by Gasteiger charge is -2.10. The van der Waals surface area contributed by atoms with Crippen molar-refractivity contribution >= 4 is 23.2 Å².